The molecule has 0 radical (unpaired) electrons. The number of aliphatic carboxylic acids is 1. The Hall–Kier alpha value is -4.99. The van der Waals surface area contributed by atoms with Gasteiger partial charge in [0.1, 0.15) is 6.04 Å². The number of fused-ring (bicyclic) bond motifs is 1. The number of rotatable bonds is 14. The number of H-pyrrole nitrogens is 1. The molecule has 2 heterocycles. The van der Waals surface area contributed by atoms with E-state index in [1.165, 1.54) is 6.20 Å². The highest BCUT2D eigenvalue weighted by Gasteiger charge is 2.20. The molecule has 204 valence electrons. The molecule has 0 saturated heterocycles. The fourth-order valence-corrected chi connectivity index (χ4v) is 3.63. The molecule has 1 aromatic carbocycles. The van der Waals surface area contributed by atoms with Gasteiger partial charge in [0.2, 0.25) is 11.9 Å². The molecule has 2 aromatic heterocycles. The van der Waals surface area contributed by atoms with E-state index in [0.717, 1.165) is 0 Å². The van der Waals surface area contributed by atoms with Gasteiger partial charge in [-0.2, -0.15) is 4.98 Å². The van der Waals surface area contributed by atoms with Gasteiger partial charge in [0.15, 0.2) is 11.2 Å². The van der Waals surface area contributed by atoms with Crippen molar-refractivity contribution in [3.8, 4) is 12.3 Å². The number of nitrogen functional groups attached to an aromatic ring is 1. The van der Waals surface area contributed by atoms with Crippen molar-refractivity contribution in [1.29, 1.82) is 0 Å². The first-order chi connectivity index (χ1) is 18.8. The van der Waals surface area contributed by atoms with Crippen molar-refractivity contribution >= 4 is 40.6 Å². The van der Waals surface area contributed by atoms with Gasteiger partial charge in [-0.05, 0) is 49.9 Å². The van der Waals surface area contributed by atoms with E-state index in [4.69, 9.17) is 12.2 Å². The zero-order chi connectivity index (χ0) is 28.2. The summed E-state index contributed by atoms with van der Waals surface area (Å²) in [5, 5.41) is 17.9. The predicted octanol–water partition coefficient (Wildman–Crippen LogP) is 1.18. The molecule has 0 aliphatic rings. The standard InChI is InChI=1S/C26H30N8O5/c1-2-3-4-8-20(35)28-13-6-5-7-19(25(38)39)32-23(36)16-9-11-17(12-10-16)29-14-18-15-30-22-21(31-18)24(37)34-26(27)33-22/h1,9-12,15,19,29H,3-8,13-14H2,(H,28,35)(H,32,36)(H,38,39)(H3,27,30,33,34,37)/t19-/m0/s1. The molecule has 0 fully saturated rings. The van der Waals surface area contributed by atoms with E-state index in [0.29, 0.717) is 55.6 Å². The van der Waals surface area contributed by atoms with Gasteiger partial charge >= 0.3 is 5.97 Å². The number of carbonyl (C=O) groups excluding carboxylic acids is 2. The van der Waals surface area contributed by atoms with Gasteiger partial charge in [0.25, 0.3) is 11.5 Å². The number of anilines is 2. The lowest BCUT2D eigenvalue weighted by Crippen LogP contribution is -2.40. The molecule has 2 amide bonds. The second kappa shape index (κ2) is 14.1. The number of carboxylic acids is 1. The van der Waals surface area contributed by atoms with Gasteiger partial charge in [-0.15, -0.1) is 12.3 Å². The van der Waals surface area contributed by atoms with E-state index in [1.807, 2.05) is 0 Å². The molecule has 0 unspecified atom stereocenters. The molecule has 0 spiro atoms. The van der Waals surface area contributed by atoms with E-state index in [-0.39, 0.29) is 36.0 Å². The van der Waals surface area contributed by atoms with Crippen LogP contribution in [0.2, 0.25) is 0 Å². The number of unbranched alkanes of at least 4 members (excludes halogenated alkanes) is 2. The van der Waals surface area contributed by atoms with Crippen molar-refractivity contribution in [2.45, 2.75) is 51.1 Å². The van der Waals surface area contributed by atoms with Crippen LogP contribution in [0, 0.1) is 12.3 Å². The van der Waals surface area contributed by atoms with Crippen LogP contribution in [0.5, 0.6) is 0 Å². The summed E-state index contributed by atoms with van der Waals surface area (Å²) in [5.74, 6) is 0.707. The maximum atomic E-state index is 12.6. The summed E-state index contributed by atoms with van der Waals surface area (Å²) < 4.78 is 0. The van der Waals surface area contributed by atoms with Crippen LogP contribution in [0.3, 0.4) is 0 Å². The summed E-state index contributed by atoms with van der Waals surface area (Å²) in [6.45, 7) is 0.682. The highest BCUT2D eigenvalue weighted by atomic mass is 16.4. The van der Waals surface area contributed by atoms with E-state index in [1.54, 1.807) is 24.3 Å². The number of carboxylic acid groups (broad SMARTS) is 1. The number of nitrogens with two attached hydrogens (primary N) is 1. The molecular formula is C26H30N8O5. The third-order valence-corrected chi connectivity index (χ3v) is 5.68. The number of aromatic nitrogens is 4. The van der Waals surface area contributed by atoms with Crippen LogP contribution in [0.15, 0.2) is 35.3 Å². The predicted molar refractivity (Wildman–Crippen MR) is 145 cm³/mol. The molecule has 13 heteroatoms. The maximum Gasteiger partial charge on any atom is 0.326 e. The van der Waals surface area contributed by atoms with Gasteiger partial charge in [-0.3, -0.25) is 19.4 Å². The Morgan fingerprint density at radius 2 is 1.90 bits per heavy atom. The summed E-state index contributed by atoms with van der Waals surface area (Å²) in [4.78, 5) is 62.6. The molecule has 0 saturated carbocycles. The molecule has 7 N–H and O–H groups in total. The first kappa shape index (κ1) is 28.6. The summed E-state index contributed by atoms with van der Waals surface area (Å²) in [7, 11) is 0. The average molecular weight is 535 g/mol. The molecule has 39 heavy (non-hydrogen) atoms. The lowest BCUT2D eigenvalue weighted by molar-refractivity contribution is -0.139. The van der Waals surface area contributed by atoms with Crippen LogP contribution >= 0.6 is 0 Å². The fraction of sp³-hybridized carbons (Fsp3) is 0.346. The Balaban J connectivity index is 1.46. The van der Waals surface area contributed by atoms with Crippen LogP contribution in [-0.2, 0) is 16.1 Å². The third kappa shape index (κ3) is 8.81. The van der Waals surface area contributed by atoms with Crippen LogP contribution in [0.4, 0.5) is 11.6 Å². The molecule has 3 aromatic rings. The summed E-state index contributed by atoms with van der Waals surface area (Å²) in [6.07, 6.45) is 9.49. The fourth-order valence-electron chi connectivity index (χ4n) is 3.63. The van der Waals surface area contributed by atoms with Crippen LogP contribution in [0.25, 0.3) is 11.2 Å². The van der Waals surface area contributed by atoms with Gasteiger partial charge in [-0.1, -0.05) is 0 Å². The summed E-state index contributed by atoms with van der Waals surface area (Å²) >= 11 is 0. The highest BCUT2D eigenvalue weighted by molar-refractivity contribution is 5.96. The van der Waals surface area contributed by atoms with Gasteiger partial charge < -0.3 is 26.8 Å². The van der Waals surface area contributed by atoms with Gasteiger partial charge in [0.05, 0.1) is 18.4 Å². The number of benzene rings is 1. The second-order valence-electron chi connectivity index (χ2n) is 8.68. The average Bonchev–Trinajstić information content (AvgIpc) is 2.91. The molecule has 0 aliphatic carbocycles. The largest absolute Gasteiger partial charge is 0.480 e. The third-order valence-electron chi connectivity index (χ3n) is 5.68. The second-order valence-corrected chi connectivity index (χ2v) is 8.68. The number of hydrogen-bond acceptors (Lipinski definition) is 9. The Morgan fingerprint density at radius 3 is 2.62 bits per heavy atom. The molecule has 0 aliphatic heterocycles. The van der Waals surface area contributed by atoms with Crippen LogP contribution in [-0.4, -0.2) is 55.4 Å². The maximum absolute atomic E-state index is 12.6. The van der Waals surface area contributed by atoms with E-state index < -0.39 is 23.5 Å². The number of hydrogen-bond donors (Lipinski definition) is 6. The van der Waals surface area contributed by atoms with E-state index in [9.17, 15) is 24.3 Å². The Kier molecular flexibility index (Phi) is 10.3. The number of aromatic amines is 1. The molecule has 0 bridgehead atoms. The van der Waals surface area contributed by atoms with Crippen molar-refractivity contribution in [2.75, 3.05) is 17.6 Å². The monoisotopic (exact) mass is 534 g/mol. The molecule has 1 atom stereocenters. The quantitative estimate of drug-likeness (QED) is 0.129. The zero-order valence-corrected chi connectivity index (χ0v) is 21.2. The lowest BCUT2D eigenvalue weighted by atomic mass is 10.1. The number of terminal acetylenes is 1. The number of amides is 2. The Labute approximate surface area is 224 Å². The van der Waals surface area contributed by atoms with E-state index >= 15 is 0 Å². The Bertz CT molecular complexity index is 1410. The van der Waals surface area contributed by atoms with E-state index in [2.05, 4.69) is 41.8 Å². The van der Waals surface area contributed by atoms with Crippen molar-refractivity contribution in [1.82, 2.24) is 30.6 Å². The minimum Gasteiger partial charge on any atom is -0.480 e. The zero-order valence-electron chi connectivity index (χ0n) is 21.2. The minimum absolute atomic E-state index is 0.0416. The van der Waals surface area contributed by atoms with Crippen molar-refractivity contribution in [3.63, 3.8) is 0 Å². The molecule has 3 rings (SSSR count). The smallest absolute Gasteiger partial charge is 0.326 e. The van der Waals surface area contributed by atoms with Gasteiger partial charge in [-0.25, -0.2) is 14.8 Å². The van der Waals surface area contributed by atoms with Gasteiger partial charge in [0, 0.05) is 30.6 Å². The minimum atomic E-state index is -1.13. The normalized spacial score (nSPS) is 11.4. The van der Waals surface area contributed by atoms with Crippen molar-refractivity contribution in [2.24, 2.45) is 0 Å². The first-order valence-corrected chi connectivity index (χ1v) is 12.4. The SMILES string of the molecule is C#CCCCC(=O)NCCCC[C@H](NC(=O)c1ccc(NCc2cnc3nc(N)[nH]c(=O)c3n2)cc1)C(=O)O. The lowest BCUT2D eigenvalue weighted by Gasteiger charge is -2.15. The molecular weight excluding hydrogens is 504 g/mol. The Morgan fingerprint density at radius 1 is 1.13 bits per heavy atom. The summed E-state index contributed by atoms with van der Waals surface area (Å²) in [5.41, 5.74) is 6.71. The first-order valence-electron chi connectivity index (χ1n) is 12.4. The van der Waals surface area contributed by atoms with Crippen molar-refractivity contribution in [3.05, 3.63) is 52.1 Å². The van der Waals surface area contributed by atoms with Crippen LogP contribution < -0.4 is 27.2 Å². The number of carbonyl (C=O) groups is 3. The molecule has 13 nitrogen and oxygen atoms in total. The summed E-state index contributed by atoms with van der Waals surface area (Å²) in [6, 6.07) is 5.41. The van der Waals surface area contributed by atoms with Crippen molar-refractivity contribution < 1.29 is 19.5 Å². The topological polar surface area (TPSA) is 205 Å². The highest BCUT2D eigenvalue weighted by Crippen LogP contribution is 2.12. The number of nitrogens with zero attached hydrogens (tertiary/aromatic N) is 3. The number of nitrogens with one attached hydrogen (secondary N) is 4. The van der Waals surface area contributed by atoms with Crippen LogP contribution in [0.1, 0.15) is 54.6 Å².